The number of likely N-dealkylation sites (tertiary alicyclic amines) is 1. The minimum atomic E-state index is -0.247. The fourth-order valence-electron chi connectivity index (χ4n) is 5.56. The number of para-hydroxylation sites is 1. The molecule has 1 N–H and O–H groups in total. The summed E-state index contributed by atoms with van der Waals surface area (Å²) in [4.78, 5) is 17.5. The molecule has 0 aliphatic carbocycles. The number of hydrogen-bond acceptors (Lipinski definition) is 2. The molecule has 7 heteroatoms. The number of nitrogens with zero attached hydrogens (tertiary/aromatic N) is 2. The van der Waals surface area contributed by atoms with Crippen molar-refractivity contribution < 1.29 is 4.79 Å². The highest BCUT2D eigenvalue weighted by Gasteiger charge is 2.32. The summed E-state index contributed by atoms with van der Waals surface area (Å²) in [5.74, 6) is 0.575. The van der Waals surface area contributed by atoms with Crippen molar-refractivity contribution in [2.24, 2.45) is 5.92 Å². The molecule has 2 amide bonds. The van der Waals surface area contributed by atoms with Crippen molar-refractivity contribution >= 4 is 52.2 Å². The maximum Gasteiger partial charge on any atom is 0.326 e. The molecule has 0 aromatic heterocycles. The van der Waals surface area contributed by atoms with Crippen LogP contribution in [0.15, 0.2) is 54.6 Å². The third-order valence-electron chi connectivity index (χ3n) is 7.56. The zero-order valence-corrected chi connectivity index (χ0v) is 23.7. The Morgan fingerprint density at radius 1 is 0.892 bits per heavy atom. The maximum atomic E-state index is 13.3. The number of carbonyl (C=O) groups is 1. The molecular formula is C30H32Cl3N3O. The van der Waals surface area contributed by atoms with Gasteiger partial charge < -0.3 is 5.32 Å². The Bertz CT molecular complexity index is 1310. The normalized spacial score (nSPS) is 17.0. The summed E-state index contributed by atoms with van der Waals surface area (Å²) >= 11 is 19.9. The molecule has 0 saturated carbocycles. The van der Waals surface area contributed by atoms with E-state index in [9.17, 15) is 4.79 Å². The highest BCUT2D eigenvalue weighted by molar-refractivity contribution is 6.40. The number of anilines is 2. The number of carbonyl (C=O) groups excluding carboxylic acids is 1. The molecule has 2 aliphatic heterocycles. The van der Waals surface area contributed by atoms with Gasteiger partial charge >= 0.3 is 6.03 Å². The smallest absolute Gasteiger partial charge is 0.326 e. The van der Waals surface area contributed by atoms with Crippen LogP contribution in [-0.2, 0) is 13.0 Å². The van der Waals surface area contributed by atoms with Crippen molar-refractivity contribution in [1.29, 1.82) is 0 Å². The highest BCUT2D eigenvalue weighted by atomic mass is 35.5. The molecule has 194 valence electrons. The van der Waals surface area contributed by atoms with E-state index >= 15 is 0 Å². The van der Waals surface area contributed by atoms with E-state index in [-0.39, 0.29) is 11.6 Å². The first-order valence-corrected chi connectivity index (χ1v) is 13.9. The Hall–Kier alpha value is -2.24. The fraction of sp³-hybridized carbons (Fsp3) is 0.367. The Balaban J connectivity index is 1.59. The maximum absolute atomic E-state index is 13.3. The SMILES string of the molecule is CC(C)(C)N1CCC(Cc2cc(-c3ccccc3Cl)c3c(c2)N(c2c(Cl)cccc2Cl)C(=O)NC3)CC1. The van der Waals surface area contributed by atoms with Crippen LogP contribution < -0.4 is 10.2 Å². The van der Waals surface area contributed by atoms with E-state index in [0.717, 1.165) is 54.7 Å². The summed E-state index contributed by atoms with van der Waals surface area (Å²) in [5, 5.41) is 4.54. The minimum Gasteiger partial charge on any atom is -0.333 e. The van der Waals surface area contributed by atoms with Gasteiger partial charge in [-0.1, -0.05) is 65.1 Å². The number of halogens is 3. The van der Waals surface area contributed by atoms with Crippen LogP contribution in [-0.4, -0.2) is 29.6 Å². The number of hydrogen-bond donors (Lipinski definition) is 1. The van der Waals surface area contributed by atoms with Crippen LogP contribution in [0.3, 0.4) is 0 Å². The van der Waals surface area contributed by atoms with Gasteiger partial charge in [0.1, 0.15) is 0 Å². The molecule has 0 bridgehead atoms. The van der Waals surface area contributed by atoms with Gasteiger partial charge in [0.05, 0.1) is 21.4 Å². The summed E-state index contributed by atoms with van der Waals surface area (Å²) < 4.78 is 0. The molecule has 0 unspecified atom stereocenters. The molecule has 4 nitrogen and oxygen atoms in total. The average molecular weight is 557 g/mol. The van der Waals surface area contributed by atoms with Gasteiger partial charge in [-0.05, 0) is 94.4 Å². The first kappa shape index (κ1) is 26.4. The summed E-state index contributed by atoms with van der Waals surface area (Å²) in [7, 11) is 0. The van der Waals surface area contributed by atoms with Gasteiger partial charge in [0, 0.05) is 28.2 Å². The molecule has 3 aromatic rings. The van der Waals surface area contributed by atoms with E-state index in [4.69, 9.17) is 34.8 Å². The van der Waals surface area contributed by atoms with Crippen molar-refractivity contribution in [3.63, 3.8) is 0 Å². The average Bonchev–Trinajstić information content (AvgIpc) is 2.85. The van der Waals surface area contributed by atoms with E-state index in [0.29, 0.717) is 33.2 Å². The van der Waals surface area contributed by atoms with Crippen molar-refractivity contribution in [2.45, 2.75) is 52.1 Å². The van der Waals surface area contributed by atoms with Gasteiger partial charge in [-0.15, -0.1) is 0 Å². The predicted molar refractivity (Wildman–Crippen MR) is 155 cm³/mol. The zero-order valence-electron chi connectivity index (χ0n) is 21.5. The van der Waals surface area contributed by atoms with E-state index in [1.54, 1.807) is 23.1 Å². The first-order valence-electron chi connectivity index (χ1n) is 12.8. The first-order chi connectivity index (χ1) is 17.6. The van der Waals surface area contributed by atoms with Crippen LogP contribution >= 0.6 is 34.8 Å². The Kier molecular flexibility index (Phi) is 7.48. The van der Waals surface area contributed by atoms with Gasteiger partial charge in [-0.25, -0.2) is 4.79 Å². The monoisotopic (exact) mass is 555 g/mol. The van der Waals surface area contributed by atoms with Gasteiger partial charge in [-0.2, -0.15) is 0 Å². The van der Waals surface area contributed by atoms with E-state index in [1.807, 2.05) is 24.3 Å². The lowest BCUT2D eigenvalue weighted by Gasteiger charge is -2.41. The number of urea groups is 1. The van der Waals surface area contributed by atoms with Crippen molar-refractivity contribution in [2.75, 3.05) is 18.0 Å². The lowest BCUT2D eigenvalue weighted by molar-refractivity contribution is 0.0876. The van der Waals surface area contributed by atoms with Gasteiger partial charge in [0.2, 0.25) is 0 Å². The third kappa shape index (κ3) is 5.35. The quantitative estimate of drug-likeness (QED) is 0.349. The summed E-state index contributed by atoms with van der Waals surface area (Å²) in [6, 6.07) is 17.3. The van der Waals surface area contributed by atoms with Gasteiger partial charge in [0.25, 0.3) is 0 Å². The minimum absolute atomic E-state index is 0.191. The van der Waals surface area contributed by atoms with Crippen molar-refractivity contribution in [3.05, 3.63) is 80.8 Å². The second-order valence-corrected chi connectivity index (χ2v) is 12.2. The molecule has 5 rings (SSSR count). The van der Waals surface area contributed by atoms with Crippen LogP contribution in [0.5, 0.6) is 0 Å². The topological polar surface area (TPSA) is 35.6 Å². The number of nitrogens with one attached hydrogen (secondary N) is 1. The number of benzene rings is 3. The molecule has 2 aliphatic rings. The Morgan fingerprint density at radius 2 is 1.54 bits per heavy atom. The lowest BCUT2D eigenvalue weighted by Crippen LogP contribution is -2.46. The van der Waals surface area contributed by atoms with Crippen molar-refractivity contribution in [3.8, 4) is 11.1 Å². The molecule has 37 heavy (non-hydrogen) atoms. The Morgan fingerprint density at radius 3 is 2.19 bits per heavy atom. The highest BCUT2D eigenvalue weighted by Crippen LogP contribution is 2.45. The zero-order chi connectivity index (χ0) is 26.3. The number of amides is 2. The fourth-order valence-corrected chi connectivity index (χ4v) is 6.36. The predicted octanol–water partition coefficient (Wildman–Crippen LogP) is 8.73. The third-order valence-corrected chi connectivity index (χ3v) is 8.50. The molecule has 0 spiro atoms. The van der Waals surface area contributed by atoms with Gasteiger partial charge in [0.15, 0.2) is 0 Å². The second kappa shape index (κ2) is 10.5. The summed E-state index contributed by atoms with van der Waals surface area (Å²) in [6.45, 7) is 9.45. The van der Waals surface area contributed by atoms with Crippen molar-refractivity contribution in [1.82, 2.24) is 10.2 Å². The standard InChI is InChI=1S/C30H32Cl3N3O/c1-30(2,3)35-13-11-19(12-14-35)15-20-16-22(21-7-4-5-8-24(21)31)23-18-34-29(37)36(27(23)17-20)28-25(32)9-6-10-26(28)33/h4-10,16-17,19H,11-15,18H2,1-3H3,(H,34,37). The molecule has 0 atom stereocenters. The van der Waals surface area contributed by atoms with Crippen LogP contribution in [0.4, 0.5) is 16.2 Å². The number of piperidine rings is 1. The largest absolute Gasteiger partial charge is 0.333 e. The lowest BCUT2D eigenvalue weighted by atomic mass is 9.85. The van der Waals surface area contributed by atoms with Crippen LogP contribution in [0, 0.1) is 5.92 Å². The van der Waals surface area contributed by atoms with E-state index in [1.165, 1.54) is 5.56 Å². The van der Waals surface area contributed by atoms with Gasteiger partial charge in [-0.3, -0.25) is 9.80 Å². The molecule has 1 fully saturated rings. The summed E-state index contributed by atoms with van der Waals surface area (Å²) in [5.41, 5.74) is 5.64. The molecular weight excluding hydrogens is 525 g/mol. The molecule has 0 radical (unpaired) electrons. The summed E-state index contributed by atoms with van der Waals surface area (Å²) in [6.07, 6.45) is 3.24. The van der Waals surface area contributed by atoms with Crippen LogP contribution in [0.2, 0.25) is 15.1 Å². The second-order valence-electron chi connectivity index (χ2n) is 11.0. The van der Waals surface area contributed by atoms with Crippen LogP contribution in [0.1, 0.15) is 44.7 Å². The Labute approximate surface area is 234 Å². The number of fused-ring (bicyclic) bond motifs is 1. The van der Waals surface area contributed by atoms with E-state index < -0.39 is 0 Å². The number of rotatable bonds is 4. The van der Waals surface area contributed by atoms with Crippen LogP contribution in [0.25, 0.3) is 11.1 Å². The van der Waals surface area contributed by atoms with E-state index in [2.05, 4.69) is 43.1 Å². The molecule has 1 saturated heterocycles. The molecule has 2 heterocycles. The molecule has 3 aromatic carbocycles.